The van der Waals surface area contributed by atoms with Crippen molar-refractivity contribution in [1.29, 1.82) is 0 Å². The molecule has 0 saturated carbocycles. The summed E-state index contributed by atoms with van der Waals surface area (Å²) in [6, 6.07) is 0. The molecule has 0 aliphatic carbocycles. The molecule has 0 aliphatic rings. The van der Waals surface area contributed by atoms with E-state index in [9.17, 15) is 0 Å². The molecule has 1 nitrogen and oxygen atoms in total. The van der Waals surface area contributed by atoms with Gasteiger partial charge in [0.15, 0.2) is 0 Å². The van der Waals surface area contributed by atoms with Gasteiger partial charge in [-0.15, -0.1) is 0 Å². The van der Waals surface area contributed by atoms with E-state index in [4.69, 9.17) is 5.11 Å². The van der Waals surface area contributed by atoms with E-state index in [1.54, 1.807) is 0 Å². The van der Waals surface area contributed by atoms with Gasteiger partial charge in [-0.05, 0) is 18.3 Å². The Hall–Kier alpha value is -0.0400. The Morgan fingerprint density at radius 2 is 1.78 bits per heavy atom. The zero-order chi connectivity index (χ0) is 7.28. The molecule has 0 heterocycles. The topological polar surface area (TPSA) is 20.2 Å². The monoisotopic (exact) mass is 130 g/mol. The summed E-state index contributed by atoms with van der Waals surface area (Å²) in [7, 11) is 0. The third-order valence-electron chi connectivity index (χ3n) is 1.81. The maximum absolute atomic E-state index is 8.68. The Morgan fingerprint density at radius 3 is 2.11 bits per heavy atom. The molecule has 0 fully saturated rings. The molecule has 0 unspecified atom stereocenters. The molecule has 0 saturated heterocycles. The van der Waals surface area contributed by atoms with E-state index in [0.29, 0.717) is 12.5 Å². The Labute approximate surface area is 58.1 Å². The molecule has 0 spiro atoms. The van der Waals surface area contributed by atoms with Gasteiger partial charge in [0, 0.05) is 6.61 Å². The fourth-order valence-electron chi connectivity index (χ4n) is 0.928. The summed E-state index contributed by atoms with van der Waals surface area (Å²) in [6.45, 7) is 6.84. The Balaban J connectivity index is 3.22. The molecule has 0 radical (unpaired) electrons. The quantitative estimate of drug-likeness (QED) is 0.617. The third-order valence-corrected chi connectivity index (χ3v) is 1.81. The lowest BCUT2D eigenvalue weighted by molar-refractivity contribution is 0.214. The highest BCUT2D eigenvalue weighted by atomic mass is 16.3. The average molecular weight is 130 g/mol. The number of hydrogen-bond donors (Lipinski definition) is 1. The molecule has 0 aliphatic heterocycles. The molecule has 0 rings (SSSR count). The fourth-order valence-corrected chi connectivity index (χ4v) is 0.928. The van der Waals surface area contributed by atoms with Gasteiger partial charge in [-0.1, -0.05) is 27.2 Å². The van der Waals surface area contributed by atoms with Crippen LogP contribution in [-0.4, -0.2) is 11.7 Å². The second-order valence-electron chi connectivity index (χ2n) is 3.04. The van der Waals surface area contributed by atoms with E-state index in [2.05, 4.69) is 20.8 Å². The highest BCUT2D eigenvalue weighted by molar-refractivity contribution is 4.55. The molecule has 56 valence electrons. The molecule has 0 amide bonds. The third kappa shape index (κ3) is 4.46. The van der Waals surface area contributed by atoms with Gasteiger partial charge in [0.2, 0.25) is 0 Å². The van der Waals surface area contributed by atoms with E-state index in [-0.39, 0.29) is 0 Å². The average Bonchev–Trinajstić information content (AvgIpc) is 1.87. The normalized spacial score (nSPS) is 17.3. The van der Waals surface area contributed by atoms with Gasteiger partial charge in [-0.25, -0.2) is 0 Å². The molecular weight excluding hydrogens is 112 g/mol. The summed E-state index contributed by atoms with van der Waals surface area (Å²) in [6.07, 6.45) is 2.39. The van der Waals surface area contributed by atoms with E-state index in [0.717, 1.165) is 12.3 Å². The van der Waals surface area contributed by atoms with Gasteiger partial charge < -0.3 is 5.11 Å². The first-order valence-corrected chi connectivity index (χ1v) is 3.81. The minimum Gasteiger partial charge on any atom is -0.396 e. The summed E-state index contributed by atoms with van der Waals surface area (Å²) in [5, 5.41) is 8.68. The van der Waals surface area contributed by atoms with Crippen LogP contribution in [0, 0.1) is 11.8 Å². The maximum Gasteiger partial charge on any atom is 0.0456 e. The van der Waals surface area contributed by atoms with Crippen molar-refractivity contribution in [2.75, 3.05) is 6.61 Å². The largest absolute Gasteiger partial charge is 0.396 e. The van der Waals surface area contributed by atoms with Crippen LogP contribution in [0.25, 0.3) is 0 Å². The maximum atomic E-state index is 8.68. The van der Waals surface area contributed by atoms with Crippen molar-refractivity contribution >= 4 is 0 Å². The zero-order valence-electron chi connectivity index (χ0n) is 6.72. The van der Waals surface area contributed by atoms with Crippen LogP contribution in [0.4, 0.5) is 0 Å². The van der Waals surface area contributed by atoms with E-state index in [1.807, 2.05) is 0 Å². The van der Waals surface area contributed by atoms with Gasteiger partial charge in [0.05, 0.1) is 0 Å². The standard InChI is InChI=1S/C8H18O/c1-4-7(2)5-8(3)6-9/h7-9H,4-6H2,1-3H3/t7-,8+/m0/s1. The predicted molar refractivity (Wildman–Crippen MR) is 40.3 cm³/mol. The lowest BCUT2D eigenvalue weighted by Gasteiger charge is -2.12. The minimum absolute atomic E-state index is 0.338. The second-order valence-corrected chi connectivity index (χ2v) is 3.04. The molecule has 0 aromatic carbocycles. The van der Waals surface area contributed by atoms with Crippen molar-refractivity contribution < 1.29 is 5.11 Å². The SMILES string of the molecule is CC[C@H](C)C[C@@H](C)CO. The number of aliphatic hydroxyl groups excluding tert-OH is 1. The number of rotatable bonds is 4. The van der Waals surface area contributed by atoms with Gasteiger partial charge in [0.25, 0.3) is 0 Å². The molecule has 0 aromatic rings. The molecule has 1 heteroatoms. The van der Waals surface area contributed by atoms with Crippen molar-refractivity contribution in [3.8, 4) is 0 Å². The molecule has 2 atom stereocenters. The first-order valence-electron chi connectivity index (χ1n) is 3.81. The first-order chi connectivity index (χ1) is 4.20. The number of aliphatic hydroxyl groups is 1. The molecule has 9 heavy (non-hydrogen) atoms. The summed E-state index contributed by atoms with van der Waals surface area (Å²) < 4.78 is 0. The lowest BCUT2D eigenvalue weighted by Crippen LogP contribution is -2.05. The van der Waals surface area contributed by atoms with Crippen molar-refractivity contribution in [2.45, 2.75) is 33.6 Å². The van der Waals surface area contributed by atoms with Gasteiger partial charge in [-0.2, -0.15) is 0 Å². The van der Waals surface area contributed by atoms with Crippen LogP contribution in [0.1, 0.15) is 33.6 Å². The van der Waals surface area contributed by atoms with Gasteiger partial charge in [0.1, 0.15) is 0 Å². The van der Waals surface area contributed by atoms with Crippen LogP contribution in [0.2, 0.25) is 0 Å². The lowest BCUT2D eigenvalue weighted by atomic mass is 9.96. The van der Waals surface area contributed by atoms with Crippen LogP contribution < -0.4 is 0 Å². The van der Waals surface area contributed by atoms with Crippen LogP contribution in [0.15, 0.2) is 0 Å². The number of hydrogen-bond acceptors (Lipinski definition) is 1. The summed E-state index contributed by atoms with van der Waals surface area (Å²) in [4.78, 5) is 0. The van der Waals surface area contributed by atoms with Crippen molar-refractivity contribution in [1.82, 2.24) is 0 Å². The van der Waals surface area contributed by atoms with Crippen molar-refractivity contribution in [2.24, 2.45) is 11.8 Å². The molecule has 0 bridgehead atoms. The first kappa shape index (κ1) is 8.96. The van der Waals surface area contributed by atoms with E-state index < -0.39 is 0 Å². The van der Waals surface area contributed by atoms with E-state index in [1.165, 1.54) is 6.42 Å². The molecule has 0 aromatic heterocycles. The van der Waals surface area contributed by atoms with Crippen LogP contribution in [-0.2, 0) is 0 Å². The summed E-state index contributed by atoms with van der Waals surface area (Å²) in [5.41, 5.74) is 0. The molecule has 1 N–H and O–H groups in total. The minimum atomic E-state index is 0.338. The van der Waals surface area contributed by atoms with E-state index >= 15 is 0 Å². The predicted octanol–water partition coefficient (Wildman–Crippen LogP) is 2.05. The van der Waals surface area contributed by atoms with Gasteiger partial charge in [-0.3, -0.25) is 0 Å². The van der Waals surface area contributed by atoms with Crippen molar-refractivity contribution in [3.63, 3.8) is 0 Å². The Morgan fingerprint density at radius 1 is 1.22 bits per heavy atom. The van der Waals surface area contributed by atoms with Crippen LogP contribution in [0.5, 0.6) is 0 Å². The second kappa shape index (κ2) is 4.80. The fraction of sp³-hybridized carbons (Fsp3) is 1.00. The van der Waals surface area contributed by atoms with Crippen LogP contribution in [0.3, 0.4) is 0 Å². The van der Waals surface area contributed by atoms with Gasteiger partial charge >= 0.3 is 0 Å². The van der Waals surface area contributed by atoms with Crippen molar-refractivity contribution in [3.05, 3.63) is 0 Å². The highest BCUT2D eigenvalue weighted by Gasteiger charge is 2.04. The highest BCUT2D eigenvalue weighted by Crippen LogP contribution is 2.13. The molecular formula is C8H18O. The summed E-state index contributed by atoms with van der Waals surface area (Å²) >= 11 is 0. The summed E-state index contributed by atoms with van der Waals surface area (Å²) in [5.74, 6) is 1.26. The smallest absolute Gasteiger partial charge is 0.0456 e. The Bertz CT molecular complexity index is 53.6. The zero-order valence-corrected chi connectivity index (χ0v) is 6.72. The Kier molecular flexibility index (Phi) is 4.78. The van der Waals surface area contributed by atoms with Crippen LogP contribution >= 0.6 is 0 Å².